The van der Waals surface area contributed by atoms with Crippen LogP contribution in [0, 0.1) is 0 Å². The minimum atomic E-state index is 0.697. The third-order valence-electron chi connectivity index (χ3n) is 0.535. The van der Waals surface area contributed by atoms with Crippen molar-refractivity contribution in [2.75, 3.05) is 0 Å². The molecule has 0 N–H and O–H groups in total. The summed E-state index contributed by atoms with van der Waals surface area (Å²) >= 11 is 0.697. The quantitative estimate of drug-likeness (QED) is 0.437. The monoisotopic (exact) mass is 162 g/mol. The predicted octanol–water partition coefficient (Wildman–Crippen LogP) is 1.83. The summed E-state index contributed by atoms with van der Waals surface area (Å²) in [5.41, 5.74) is 0. The molecule has 0 rings (SSSR count). The van der Waals surface area contributed by atoms with Crippen LogP contribution < -0.4 is 0 Å². The van der Waals surface area contributed by atoms with Gasteiger partial charge in [0.25, 0.3) is 0 Å². The Morgan fingerprint density at radius 3 is 2.86 bits per heavy atom. The van der Waals surface area contributed by atoms with Crippen LogP contribution in [0.25, 0.3) is 0 Å². The second-order valence-electron chi connectivity index (χ2n) is 1.13. The zero-order chi connectivity index (χ0) is 5.54. The topological polar surface area (TPSA) is 0 Å². The van der Waals surface area contributed by atoms with Crippen LogP contribution in [0.15, 0.2) is 23.7 Å². The Labute approximate surface area is 51.5 Å². The molecule has 0 aromatic rings. The van der Waals surface area contributed by atoms with Gasteiger partial charge in [0.05, 0.1) is 0 Å². The van der Waals surface area contributed by atoms with E-state index < -0.39 is 0 Å². The Morgan fingerprint density at radius 2 is 2.43 bits per heavy atom. The van der Waals surface area contributed by atoms with E-state index in [2.05, 4.69) is 23.5 Å². The van der Waals surface area contributed by atoms with Crippen LogP contribution in [0.4, 0.5) is 0 Å². The molecule has 0 atom stereocenters. The first-order valence-electron chi connectivity index (χ1n) is 2.20. The Balaban J connectivity index is 2.92. The Kier molecular flexibility index (Phi) is 6.00. The van der Waals surface area contributed by atoms with Crippen LogP contribution in [0.2, 0.25) is 5.82 Å². The number of hydrogen-bond donors (Lipinski definition) is 0. The number of rotatable bonds is 3. The molecule has 0 aliphatic carbocycles. The zero-order valence-corrected chi connectivity index (χ0v) is 6.27. The van der Waals surface area contributed by atoms with Gasteiger partial charge in [0.2, 0.25) is 0 Å². The molecule has 0 spiro atoms. The van der Waals surface area contributed by atoms with Crippen LogP contribution in [-0.4, -0.2) is 15.0 Å². The fourth-order valence-corrected chi connectivity index (χ4v) is 0.885. The summed E-state index contributed by atoms with van der Waals surface area (Å²) < 4.78 is 0. The molecule has 0 aliphatic rings. The molecule has 7 heavy (non-hydrogen) atoms. The van der Waals surface area contributed by atoms with E-state index in [-0.39, 0.29) is 0 Å². The first-order valence-corrected chi connectivity index (χ1v) is 4.90. The molecule has 0 radical (unpaired) electrons. The van der Waals surface area contributed by atoms with E-state index in [0.29, 0.717) is 15.0 Å². The zero-order valence-electron chi connectivity index (χ0n) is 4.55. The van der Waals surface area contributed by atoms with Crippen molar-refractivity contribution in [2.24, 2.45) is 0 Å². The van der Waals surface area contributed by atoms with Crippen LogP contribution in [0.3, 0.4) is 0 Å². The summed E-state index contributed by atoms with van der Waals surface area (Å²) in [5.74, 6) is 2.19. The van der Waals surface area contributed by atoms with Gasteiger partial charge in [-0.3, -0.25) is 0 Å². The summed E-state index contributed by atoms with van der Waals surface area (Å²) in [6.07, 6.45) is 5.07. The van der Waals surface area contributed by atoms with Gasteiger partial charge in [-0.2, -0.15) is 0 Å². The van der Waals surface area contributed by atoms with E-state index in [1.54, 1.807) is 0 Å². The molecule has 0 aromatic carbocycles. The SMILES string of the molecule is C=CC/C=C/[Se]C. The van der Waals surface area contributed by atoms with Gasteiger partial charge in [0.15, 0.2) is 0 Å². The van der Waals surface area contributed by atoms with Crippen molar-refractivity contribution < 1.29 is 0 Å². The van der Waals surface area contributed by atoms with Crippen LogP contribution in [0.5, 0.6) is 0 Å². The summed E-state index contributed by atoms with van der Waals surface area (Å²) in [6.45, 7) is 3.59. The van der Waals surface area contributed by atoms with E-state index >= 15 is 0 Å². The van der Waals surface area contributed by atoms with Gasteiger partial charge in [-0.25, -0.2) is 0 Å². The second kappa shape index (κ2) is 6.00. The third-order valence-corrected chi connectivity index (χ3v) is 1.51. The predicted molar refractivity (Wildman–Crippen MR) is 35.6 cm³/mol. The van der Waals surface area contributed by atoms with Crippen LogP contribution >= 0.6 is 0 Å². The maximum atomic E-state index is 3.59. The van der Waals surface area contributed by atoms with Gasteiger partial charge < -0.3 is 0 Å². The Morgan fingerprint density at radius 1 is 1.71 bits per heavy atom. The average Bonchev–Trinajstić information content (AvgIpc) is 1.69. The van der Waals surface area contributed by atoms with E-state index in [1.807, 2.05) is 6.08 Å². The van der Waals surface area contributed by atoms with Crippen molar-refractivity contribution in [1.29, 1.82) is 0 Å². The van der Waals surface area contributed by atoms with Gasteiger partial charge in [-0.15, -0.1) is 0 Å². The van der Waals surface area contributed by atoms with Gasteiger partial charge >= 0.3 is 50.9 Å². The average molecular weight is 161 g/mol. The molecule has 1 heteroatoms. The van der Waals surface area contributed by atoms with Crippen molar-refractivity contribution in [2.45, 2.75) is 12.2 Å². The van der Waals surface area contributed by atoms with Crippen LogP contribution in [0.1, 0.15) is 6.42 Å². The summed E-state index contributed by atoms with van der Waals surface area (Å²) in [4.78, 5) is 2.20. The van der Waals surface area contributed by atoms with E-state index in [9.17, 15) is 0 Å². The molecule has 0 amide bonds. The van der Waals surface area contributed by atoms with Crippen LogP contribution in [-0.2, 0) is 0 Å². The Hall–Kier alpha value is -0.000519. The van der Waals surface area contributed by atoms with Crippen molar-refractivity contribution in [3.05, 3.63) is 23.7 Å². The fraction of sp³-hybridized carbons (Fsp3) is 0.333. The minimum absolute atomic E-state index is 0.697. The molecule has 40 valence electrons. The molecule has 0 saturated carbocycles. The first-order chi connectivity index (χ1) is 3.41. The standard InChI is InChI=1S/C6H10Se/c1-3-4-5-6-7-2/h3,5-6H,1,4H2,2H3/b6-5+. The van der Waals surface area contributed by atoms with E-state index in [4.69, 9.17) is 0 Å². The maximum absolute atomic E-state index is 3.59. The van der Waals surface area contributed by atoms with Crippen molar-refractivity contribution in [1.82, 2.24) is 0 Å². The Bertz CT molecular complexity index is 64.6. The third kappa shape index (κ3) is 6.00. The van der Waals surface area contributed by atoms with Crippen molar-refractivity contribution in [3.63, 3.8) is 0 Å². The van der Waals surface area contributed by atoms with Gasteiger partial charge in [0, 0.05) is 0 Å². The molecule has 0 aliphatic heterocycles. The summed E-state index contributed by atoms with van der Waals surface area (Å²) in [5, 5.41) is 0. The van der Waals surface area contributed by atoms with Crippen molar-refractivity contribution in [3.8, 4) is 0 Å². The molecular weight excluding hydrogens is 151 g/mol. The summed E-state index contributed by atoms with van der Waals surface area (Å²) in [7, 11) is 0. The normalized spacial score (nSPS) is 9.86. The second-order valence-corrected chi connectivity index (χ2v) is 2.69. The molecule has 0 nitrogen and oxygen atoms in total. The molecule has 0 unspecified atom stereocenters. The first kappa shape index (κ1) is 7.00. The molecular formula is C6H10Se. The van der Waals surface area contributed by atoms with Crippen molar-refractivity contribution >= 4 is 15.0 Å². The molecule has 0 heterocycles. The van der Waals surface area contributed by atoms with Gasteiger partial charge in [-0.05, 0) is 0 Å². The molecule has 0 saturated heterocycles. The van der Waals surface area contributed by atoms with Gasteiger partial charge in [-0.1, -0.05) is 0 Å². The van der Waals surface area contributed by atoms with Gasteiger partial charge in [0.1, 0.15) is 0 Å². The molecule has 0 bridgehead atoms. The molecule has 0 aromatic heterocycles. The number of hydrogen-bond acceptors (Lipinski definition) is 0. The fourth-order valence-electron chi connectivity index (χ4n) is 0.248. The summed E-state index contributed by atoms with van der Waals surface area (Å²) in [6, 6.07) is 0. The number of allylic oxidation sites excluding steroid dienone is 2. The van der Waals surface area contributed by atoms with E-state index in [0.717, 1.165) is 6.42 Å². The van der Waals surface area contributed by atoms with E-state index in [1.165, 1.54) is 0 Å². The molecule has 0 fully saturated rings.